The van der Waals surface area contributed by atoms with E-state index in [1.54, 1.807) is 0 Å². The molecule has 14 heavy (non-hydrogen) atoms. The van der Waals surface area contributed by atoms with Crippen LogP contribution in [0.3, 0.4) is 0 Å². The van der Waals surface area contributed by atoms with Crippen LogP contribution in [0.5, 0.6) is 0 Å². The predicted octanol–water partition coefficient (Wildman–Crippen LogP) is -0.134. The molecule has 0 amide bonds. The van der Waals surface area contributed by atoms with Crippen LogP contribution in [0.15, 0.2) is 0 Å². The Morgan fingerprint density at radius 2 is 1.07 bits per heavy atom. The van der Waals surface area contributed by atoms with Crippen LogP contribution >= 0.6 is 0 Å². The average Bonchev–Trinajstić information content (AvgIpc) is 1.98. The molecule has 0 saturated carbocycles. The van der Waals surface area contributed by atoms with Gasteiger partial charge in [-0.25, -0.2) is 0 Å². The van der Waals surface area contributed by atoms with Gasteiger partial charge in [-0.15, -0.1) is 0 Å². The van der Waals surface area contributed by atoms with Crippen LogP contribution in [0.1, 0.15) is 26.7 Å². The normalized spacial score (nSPS) is 7.43. The van der Waals surface area contributed by atoms with Crippen LogP contribution in [0, 0.1) is 0 Å². The third kappa shape index (κ3) is 305. The lowest BCUT2D eigenvalue weighted by molar-refractivity contribution is -0.135. The highest BCUT2D eigenvalue weighted by Gasteiger charge is 1.75. The van der Waals surface area contributed by atoms with Gasteiger partial charge in [-0.3, -0.25) is 9.59 Å². The molecule has 0 aromatic heterocycles. The third-order valence-corrected chi connectivity index (χ3v) is 0.658. The fraction of sp³-hybridized carbons (Fsp3) is 0.750. The van der Waals surface area contributed by atoms with Gasteiger partial charge in [-0.05, 0) is 25.9 Å². The van der Waals surface area contributed by atoms with Gasteiger partial charge in [0.05, 0.1) is 0 Å². The second kappa shape index (κ2) is 17.8. The molecule has 6 N–H and O–H groups in total. The fourth-order valence-electron chi connectivity index (χ4n) is 0.289. The van der Waals surface area contributed by atoms with Crippen molar-refractivity contribution in [3.63, 3.8) is 0 Å². The Bertz CT molecular complexity index is 115. The summed E-state index contributed by atoms with van der Waals surface area (Å²) in [6.45, 7) is 3.72. The number of rotatable bonds is 3. The first-order valence-electron chi connectivity index (χ1n) is 4.17. The number of carboxylic acid groups (broad SMARTS) is 2. The fourth-order valence-corrected chi connectivity index (χ4v) is 0.289. The number of carboxylic acids is 2. The minimum atomic E-state index is -0.833. The first-order chi connectivity index (χ1) is 6.38. The molecule has 0 aliphatic rings. The molecule has 0 aliphatic carbocycles. The molecule has 0 bridgehead atoms. The SMILES string of the molecule is CC(=O)O.CC(=O)O.NCCCCN. The van der Waals surface area contributed by atoms with Crippen molar-refractivity contribution in [2.45, 2.75) is 26.7 Å². The Morgan fingerprint density at radius 3 is 1.14 bits per heavy atom. The average molecular weight is 208 g/mol. The molecule has 0 aromatic rings. The zero-order chi connectivity index (χ0) is 12.0. The van der Waals surface area contributed by atoms with Crippen molar-refractivity contribution in [1.29, 1.82) is 0 Å². The topological polar surface area (TPSA) is 127 Å². The maximum Gasteiger partial charge on any atom is 0.300 e. The van der Waals surface area contributed by atoms with E-state index in [2.05, 4.69) is 0 Å². The van der Waals surface area contributed by atoms with E-state index >= 15 is 0 Å². The maximum atomic E-state index is 9.00. The molecule has 0 aromatic carbocycles. The lowest BCUT2D eigenvalue weighted by Gasteiger charge is -1.87. The first kappa shape index (κ1) is 18.6. The van der Waals surface area contributed by atoms with Crippen LogP contribution in [-0.2, 0) is 9.59 Å². The van der Waals surface area contributed by atoms with E-state index in [4.69, 9.17) is 31.3 Å². The van der Waals surface area contributed by atoms with Gasteiger partial charge in [0.1, 0.15) is 0 Å². The third-order valence-electron chi connectivity index (χ3n) is 0.658. The Hall–Kier alpha value is -1.14. The van der Waals surface area contributed by atoms with Gasteiger partial charge in [-0.1, -0.05) is 0 Å². The van der Waals surface area contributed by atoms with Crippen molar-refractivity contribution in [2.75, 3.05) is 13.1 Å². The second-order valence-corrected chi connectivity index (χ2v) is 2.32. The Morgan fingerprint density at radius 1 is 0.929 bits per heavy atom. The first-order valence-corrected chi connectivity index (χ1v) is 4.17. The molecule has 0 unspecified atom stereocenters. The minimum Gasteiger partial charge on any atom is -0.481 e. The van der Waals surface area contributed by atoms with Crippen LogP contribution in [0.25, 0.3) is 0 Å². The van der Waals surface area contributed by atoms with Crippen molar-refractivity contribution in [2.24, 2.45) is 11.5 Å². The van der Waals surface area contributed by atoms with Gasteiger partial charge < -0.3 is 21.7 Å². The van der Waals surface area contributed by atoms with Gasteiger partial charge in [0.2, 0.25) is 0 Å². The van der Waals surface area contributed by atoms with Gasteiger partial charge in [0.15, 0.2) is 0 Å². The summed E-state index contributed by atoms with van der Waals surface area (Å²) in [4.78, 5) is 18.0. The molecule has 0 radical (unpaired) electrons. The van der Waals surface area contributed by atoms with Crippen LogP contribution in [0.2, 0.25) is 0 Å². The molecule has 0 heterocycles. The zero-order valence-corrected chi connectivity index (χ0v) is 8.69. The molecule has 0 atom stereocenters. The minimum absolute atomic E-state index is 0.775. The zero-order valence-electron chi connectivity index (χ0n) is 8.69. The van der Waals surface area contributed by atoms with Gasteiger partial charge in [-0.2, -0.15) is 0 Å². The van der Waals surface area contributed by atoms with E-state index in [0.717, 1.165) is 39.8 Å². The molecule has 0 saturated heterocycles. The van der Waals surface area contributed by atoms with Gasteiger partial charge in [0, 0.05) is 13.8 Å². The van der Waals surface area contributed by atoms with E-state index in [9.17, 15) is 0 Å². The van der Waals surface area contributed by atoms with Crippen LogP contribution in [0.4, 0.5) is 0 Å². The molecule has 0 rings (SSSR count). The largest absolute Gasteiger partial charge is 0.481 e. The van der Waals surface area contributed by atoms with Crippen molar-refractivity contribution >= 4 is 11.9 Å². The maximum absolute atomic E-state index is 9.00. The Balaban J connectivity index is -0.000000135. The summed E-state index contributed by atoms with van der Waals surface area (Å²) in [7, 11) is 0. The van der Waals surface area contributed by atoms with Crippen molar-refractivity contribution in [3.8, 4) is 0 Å². The lowest BCUT2D eigenvalue weighted by atomic mass is 10.3. The Kier molecular flexibility index (Phi) is 23.7. The molecular weight excluding hydrogens is 188 g/mol. The molecule has 86 valence electrons. The molecule has 0 aliphatic heterocycles. The smallest absolute Gasteiger partial charge is 0.300 e. The monoisotopic (exact) mass is 208 g/mol. The van der Waals surface area contributed by atoms with Gasteiger partial charge in [0.25, 0.3) is 11.9 Å². The summed E-state index contributed by atoms with van der Waals surface area (Å²) < 4.78 is 0. The highest BCUT2D eigenvalue weighted by atomic mass is 16.4. The van der Waals surface area contributed by atoms with E-state index in [-0.39, 0.29) is 0 Å². The number of unbranched alkanes of at least 4 members (excludes halogenated alkanes) is 1. The van der Waals surface area contributed by atoms with Gasteiger partial charge >= 0.3 is 0 Å². The summed E-state index contributed by atoms with van der Waals surface area (Å²) in [5.74, 6) is -1.67. The molecule has 0 fully saturated rings. The summed E-state index contributed by atoms with van der Waals surface area (Å²) in [6, 6.07) is 0. The van der Waals surface area contributed by atoms with Crippen molar-refractivity contribution < 1.29 is 19.8 Å². The number of hydrogen-bond donors (Lipinski definition) is 4. The highest BCUT2D eigenvalue weighted by Crippen LogP contribution is 1.77. The number of hydrogen-bond acceptors (Lipinski definition) is 4. The summed E-state index contributed by atoms with van der Waals surface area (Å²) in [5, 5.41) is 14.8. The van der Waals surface area contributed by atoms with Crippen LogP contribution < -0.4 is 11.5 Å². The van der Waals surface area contributed by atoms with E-state index < -0.39 is 11.9 Å². The number of carbonyl (C=O) groups is 2. The van der Waals surface area contributed by atoms with Crippen LogP contribution in [-0.4, -0.2) is 35.2 Å². The lowest BCUT2D eigenvalue weighted by Crippen LogP contribution is -2.03. The standard InChI is InChI=1S/C4H12N2.2C2H4O2/c5-3-1-2-4-6;2*1-2(3)4/h1-6H2;2*1H3,(H,3,4). The van der Waals surface area contributed by atoms with E-state index in [1.165, 1.54) is 0 Å². The number of aliphatic carboxylic acids is 2. The molecule has 6 heteroatoms. The highest BCUT2D eigenvalue weighted by molar-refractivity contribution is 5.63. The van der Waals surface area contributed by atoms with E-state index in [0.29, 0.717) is 0 Å². The van der Waals surface area contributed by atoms with Crippen molar-refractivity contribution in [3.05, 3.63) is 0 Å². The summed E-state index contributed by atoms with van der Waals surface area (Å²) in [5.41, 5.74) is 10.3. The Labute approximate surface area is 83.9 Å². The summed E-state index contributed by atoms with van der Waals surface area (Å²) in [6.07, 6.45) is 2.13. The summed E-state index contributed by atoms with van der Waals surface area (Å²) >= 11 is 0. The number of nitrogens with two attached hydrogens (primary N) is 2. The molecule has 0 spiro atoms. The molecule has 6 nitrogen and oxygen atoms in total. The van der Waals surface area contributed by atoms with Crippen molar-refractivity contribution in [1.82, 2.24) is 0 Å². The second-order valence-electron chi connectivity index (χ2n) is 2.32. The predicted molar refractivity (Wildman–Crippen MR) is 54.0 cm³/mol. The molecular formula is C8H20N2O4. The quantitative estimate of drug-likeness (QED) is 0.478. The van der Waals surface area contributed by atoms with E-state index in [1.807, 2.05) is 0 Å².